The molecule has 1 N–H and O–H groups in total. The van der Waals surface area contributed by atoms with Crippen molar-refractivity contribution in [2.75, 3.05) is 19.0 Å². The highest BCUT2D eigenvalue weighted by molar-refractivity contribution is 5.99. The van der Waals surface area contributed by atoms with Crippen LogP contribution in [0.25, 0.3) is 10.9 Å². The minimum Gasteiger partial charge on any atom is -0.491 e. The van der Waals surface area contributed by atoms with Gasteiger partial charge in [0.15, 0.2) is 12.4 Å². The van der Waals surface area contributed by atoms with Crippen LogP contribution in [0.5, 0.6) is 11.6 Å². The molecule has 0 aliphatic rings. The summed E-state index contributed by atoms with van der Waals surface area (Å²) in [5.74, 6) is -0.115. The maximum Gasteiger partial charge on any atom is 0.422 e. The molecule has 0 unspecified atom stereocenters. The van der Waals surface area contributed by atoms with Crippen LogP contribution >= 0.6 is 0 Å². The Morgan fingerprint density at radius 1 is 1.30 bits per heavy atom. The lowest BCUT2D eigenvalue weighted by Gasteiger charge is -2.12. The standard InChI is InChI=1S/C19H20F3N5O3/c1-11(2)17(28)25-16-13-9-27(26-14(13)4-5-23-16)8-12-6-15(29-3)18(24-7-12)30-10-19(20,21)22/h4-7,9,11H,8,10H2,1-3H3,(H,23,25,28). The van der Waals surface area contributed by atoms with Crippen LogP contribution < -0.4 is 14.8 Å². The Labute approximate surface area is 170 Å². The van der Waals surface area contributed by atoms with Crippen molar-refractivity contribution >= 4 is 22.6 Å². The fourth-order valence-electron chi connectivity index (χ4n) is 2.59. The number of ether oxygens (including phenoxy) is 2. The number of fused-ring (bicyclic) bond motifs is 1. The minimum absolute atomic E-state index is 0.0833. The number of nitrogens with zero attached hydrogens (tertiary/aromatic N) is 4. The van der Waals surface area contributed by atoms with Crippen LogP contribution in [0.1, 0.15) is 19.4 Å². The van der Waals surface area contributed by atoms with E-state index in [0.29, 0.717) is 22.3 Å². The highest BCUT2D eigenvalue weighted by Gasteiger charge is 2.29. The number of carbonyl (C=O) groups is 1. The molecule has 0 aromatic carbocycles. The second kappa shape index (κ2) is 8.56. The van der Waals surface area contributed by atoms with E-state index in [-0.39, 0.29) is 30.0 Å². The Morgan fingerprint density at radius 2 is 2.07 bits per heavy atom. The molecule has 1 amide bonds. The molecule has 8 nitrogen and oxygen atoms in total. The van der Waals surface area contributed by atoms with E-state index in [0.717, 1.165) is 0 Å². The van der Waals surface area contributed by atoms with Crippen molar-refractivity contribution in [2.45, 2.75) is 26.6 Å². The molecule has 0 atom stereocenters. The van der Waals surface area contributed by atoms with Crippen molar-refractivity contribution in [3.8, 4) is 11.6 Å². The first kappa shape index (κ1) is 21.3. The number of anilines is 1. The number of methoxy groups -OCH3 is 1. The predicted octanol–water partition coefficient (Wildman–Crippen LogP) is 3.42. The molecule has 3 aromatic heterocycles. The second-order valence-corrected chi connectivity index (χ2v) is 6.82. The van der Waals surface area contributed by atoms with Gasteiger partial charge in [-0.1, -0.05) is 13.8 Å². The number of amides is 1. The van der Waals surface area contributed by atoms with E-state index in [2.05, 4.69) is 25.1 Å². The molecule has 0 radical (unpaired) electrons. The number of rotatable bonds is 7. The number of halogens is 3. The third-order valence-electron chi connectivity index (χ3n) is 4.06. The molecular formula is C19H20F3N5O3. The molecule has 0 saturated heterocycles. The number of hydrogen-bond donors (Lipinski definition) is 1. The van der Waals surface area contributed by atoms with E-state index in [4.69, 9.17) is 4.74 Å². The minimum atomic E-state index is -4.47. The molecule has 3 heterocycles. The lowest BCUT2D eigenvalue weighted by Crippen LogP contribution is -2.20. The molecule has 11 heteroatoms. The van der Waals surface area contributed by atoms with Crippen molar-refractivity contribution in [1.29, 1.82) is 0 Å². The fraction of sp³-hybridized carbons (Fsp3) is 0.368. The number of alkyl halides is 3. The van der Waals surface area contributed by atoms with Gasteiger partial charge >= 0.3 is 6.18 Å². The third-order valence-corrected chi connectivity index (χ3v) is 4.06. The molecule has 160 valence electrons. The van der Waals surface area contributed by atoms with Gasteiger partial charge in [0.2, 0.25) is 5.91 Å². The van der Waals surface area contributed by atoms with Gasteiger partial charge in [0.1, 0.15) is 5.82 Å². The number of nitrogens with one attached hydrogen (secondary N) is 1. The summed E-state index contributed by atoms with van der Waals surface area (Å²) in [7, 11) is 1.32. The topological polar surface area (TPSA) is 91.2 Å². The molecule has 0 saturated carbocycles. The summed E-state index contributed by atoms with van der Waals surface area (Å²) in [5, 5.41) is 7.88. The van der Waals surface area contributed by atoms with E-state index in [1.165, 1.54) is 19.4 Å². The molecule has 0 aliphatic heterocycles. The molecule has 0 aliphatic carbocycles. The fourth-order valence-corrected chi connectivity index (χ4v) is 2.59. The SMILES string of the molecule is COc1cc(Cn2cc3c(NC(=O)C(C)C)nccc3n2)cnc1OCC(F)(F)F. The van der Waals surface area contributed by atoms with Crippen LogP contribution in [0.2, 0.25) is 0 Å². The molecule has 0 spiro atoms. The van der Waals surface area contributed by atoms with Gasteiger partial charge in [-0.15, -0.1) is 0 Å². The first-order valence-electron chi connectivity index (χ1n) is 9.02. The monoisotopic (exact) mass is 423 g/mol. The third kappa shape index (κ3) is 5.16. The molecule has 0 bridgehead atoms. The number of pyridine rings is 2. The highest BCUT2D eigenvalue weighted by Crippen LogP contribution is 2.28. The summed E-state index contributed by atoms with van der Waals surface area (Å²) in [6, 6.07) is 3.24. The summed E-state index contributed by atoms with van der Waals surface area (Å²) in [5.41, 5.74) is 1.27. The lowest BCUT2D eigenvalue weighted by molar-refractivity contribution is -0.154. The van der Waals surface area contributed by atoms with Crippen molar-refractivity contribution in [3.63, 3.8) is 0 Å². The van der Waals surface area contributed by atoms with E-state index in [1.807, 2.05) is 0 Å². The Hall–Kier alpha value is -3.37. The number of hydrogen-bond acceptors (Lipinski definition) is 6. The zero-order chi connectivity index (χ0) is 21.9. The van der Waals surface area contributed by atoms with E-state index in [1.54, 1.807) is 37.0 Å². The van der Waals surface area contributed by atoms with Crippen LogP contribution in [0, 0.1) is 5.92 Å². The zero-order valence-electron chi connectivity index (χ0n) is 16.5. The first-order chi connectivity index (χ1) is 14.2. The Balaban J connectivity index is 1.81. The molecular weight excluding hydrogens is 403 g/mol. The van der Waals surface area contributed by atoms with Gasteiger partial charge in [-0.3, -0.25) is 9.48 Å². The van der Waals surface area contributed by atoms with Crippen LogP contribution in [0.4, 0.5) is 19.0 Å². The van der Waals surface area contributed by atoms with Gasteiger partial charge in [-0.25, -0.2) is 9.97 Å². The summed E-state index contributed by atoms with van der Waals surface area (Å²) >= 11 is 0. The normalized spacial score (nSPS) is 11.7. The average Bonchev–Trinajstić information content (AvgIpc) is 3.09. The van der Waals surface area contributed by atoms with Crippen LogP contribution in [-0.4, -0.2) is 45.5 Å². The van der Waals surface area contributed by atoms with Crippen LogP contribution in [-0.2, 0) is 11.3 Å². The van der Waals surface area contributed by atoms with Gasteiger partial charge in [-0.2, -0.15) is 18.3 Å². The number of carbonyl (C=O) groups excluding carboxylic acids is 1. The summed E-state index contributed by atoms with van der Waals surface area (Å²) in [6.45, 7) is 2.37. The Kier molecular flexibility index (Phi) is 6.09. The highest BCUT2D eigenvalue weighted by atomic mass is 19.4. The maximum absolute atomic E-state index is 12.4. The largest absolute Gasteiger partial charge is 0.491 e. The summed E-state index contributed by atoms with van der Waals surface area (Å²) in [6.07, 6.45) is 0.184. The lowest BCUT2D eigenvalue weighted by atomic mass is 10.2. The van der Waals surface area contributed by atoms with Gasteiger partial charge in [0.25, 0.3) is 5.88 Å². The first-order valence-corrected chi connectivity index (χ1v) is 9.02. The van der Waals surface area contributed by atoms with E-state index >= 15 is 0 Å². The van der Waals surface area contributed by atoms with Gasteiger partial charge in [-0.05, 0) is 17.7 Å². The quantitative estimate of drug-likeness (QED) is 0.626. The number of aromatic nitrogens is 4. The average molecular weight is 423 g/mol. The molecule has 3 aromatic rings. The van der Waals surface area contributed by atoms with E-state index in [9.17, 15) is 18.0 Å². The second-order valence-electron chi connectivity index (χ2n) is 6.82. The zero-order valence-corrected chi connectivity index (χ0v) is 16.5. The molecule has 30 heavy (non-hydrogen) atoms. The maximum atomic E-state index is 12.4. The Bertz CT molecular complexity index is 1050. The van der Waals surface area contributed by atoms with Crippen molar-refractivity contribution in [3.05, 3.63) is 36.3 Å². The smallest absolute Gasteiger partial charge is 0.422 e. The van der Waals surface area contributed by atoms with Gasteiger partial charge < -0.3 is 14.8 Å². The van der Waals surface area contributed by atoms with Crippen LogP contribution in [0.15, 0.2) is 30.7 Å². The molecule has 3 rings (SSSR count). The van der Waals surface area contributed by atoms with Crippen molar-refractivity contribution in [2.24, 2.45) is 5.92 Å². The Morgan fingerprint density at radius 3 is 2.73 bits per heavy atom. The summed E-state index contributed by atoms with van der Waals surface area (Å²) < 4.78 is 48.5. The van der Waals surface area contributed by atoms with Crippen LogP contribution in [0.3, 0.4) is 0 Å². The van der Waals surface area contributed by atoms with Gasteiger partial charge in [0.05, 0.1) is 24.6 Å². The molecule has 0 fully saturated rings. The van der Waals surface area contributed by atoms with Crippen molar-refractivity contribution in [1.82, 2.24) is 19.7 Å². The van der Waals surface area contributed by atoms with E-state index < -0.39 is 12.8 Å². The van der Waals surface area contributed by atoms with Crippen molar-refractivity contribution < 1.29 is 27.4 Å². The predicted molar refractivity (Wildman–Crippen MR) is 102 cm³/mol. The van der Waals surface area contributed by atoms with Gasteiger partial charge in [0, 0.05) is 24.5 Å². The summed E-state index contributed by atoms with van der Waals surface area (Å²) in [4.78, 5) is 20.1.